The molecule has 0 bridgehead atoms. The minimum absolute atomic E-state index is 0.281. The first-order valence-corrected chi connectivity index (χ1v) is 5.56. The fraction of sp³-hybridized carbons (Fsp3) is 0.273. The Labute approximate surface area is 94.0 Å². The molecule has 0 fully saturated rings. The van der Waals surface area contributed by atoms with Crippen molar-refractivity contribution in [3.63, 3.8) is 0 Å². The molecule has 0 saturated carbocycles. The molecule has 15 heavy (non-hydrogen) atoms. The summed E-state index contributed by atoms with van der Waals surface area (Å²) in [5, 5.41) is 0.281. The van der Waals surface area contributed by atoms with Crippen LogP contribution in [0.15, 0.2) is 17.4 Å². The summed E-state index contributed by atoms with van der Waals surface area (Å²) in [7, 11) is 0. The molecule has 1 rings (SSSR count). The van der Waals surface area contributed by atoms with Gasteiger partial charge >= 0.3 is 0 Å². The molecule has 4 heteroatoms. The van der Waals surface area contributed by atoms with Crippen LogP contribution in [0.25, 0.3) is 12.2 Å². The number of nitrogens with zero attached hydrogens (tertiary/aromatic N) is 1. The molecule has 0 unspecified atom stereocenters. The molecule has 0 saturated heterocycles. The minimum Gasteiger partial charge on any atom is -0.375 e. The summed E-state index contributed by atoms with van der Waals surface area (Å²) in [6.45, 7) is 9.43. The number of aromatic nitrogens is 1. The second-order valence-electron chi connectivity index (χ2n) is 2.34. The number of hydrogen-bond acceptors (Lipinski definition) is 4. The van der Waals surface area contributed by atoms with E-state index in [0.29, 0.717) is 5.56 Å². The molecule has 82 valence electrons. The van der Waals surface area contributed by atoms with Crippen molar-refractivity contribution in [1.82, 2.24) is 4.98 Å². The van der Waals surface area contributed by atoms with Crippen molar-refractivity contribution < 1.29 is 0 Å². The van der Waals surface area contributed by atoms with Crippen LogP contribution in [0.2, 0.25) is 0 Å². The van der Waals surface area contributed by atoms with Crippen LogP contribution in [0, 0.1) is 0 Å². The highest BCUT2D eigenvalue weighted by Crippen LogP contribution is 2.17. The van der Waals surface area contributed by atoms with E-state index in [1.54, 1.807) is 0 Å². The van der Waals surface area contributed by atoms with Gasteiger partial charge in [-0.2, -0.15) is 4.98 Å². The third-order valence-corrected chi connectivity index (χ3v) is 2.32. The molecule has 1 aromatic heterocycles. The Morgan fingerprint density at radius 2 is 2.07 bits per heavy atom. The molecule has 0 aromatic carbocycles. The van der Waals surface area contributed by atoms with Crippen LogP contribution in [0.1, 0.15) is 31.2 Å². The van der Waals surface area contributed by atoms with E-state index in [2.05, 4.69) is 11.6 Å². The molecule has 1 heterocycles. The van der Waals surface area contributed by atoms with E-state index >= 15 is 0 Å². The molecule has 0 aliphatic carbocycles. The molecule has 0 aliphatic heterocycles. The van der Waals surface area contributed by atoms with Gasteiger partial charge in [0.05, 0.1) is 5.56 Å². The van der Waals surface area contributed by atoms with Gasteiger partial charge < -0.3 is 5.73 Å². The van der Waals surface area contributed by atoms with Gasteiger partial charge in [0.15, 0.2) is 5.13 Å². The normalized spacial score (nSPS) is 9.53. The van der Waals surface area contributed by atoms with Crippen molar-refractivity contribution in [2.24, 2.45) is 0 Å². The monoisotopic (exact) mass is 224 g/mol. The Hall–Kier alpha value is -1.42. The highest BCUT2D eigenvalue weighted by molar-refractivity contribution is 7.16. The second kappa shape index (κ2) is 6.95. The third-order valence-electron chi connectivity index (χ3n) is 1.44. The molecule has 1 aromatic rings. The first-order chi connectivity index (χ1) is 7.19. The lowest BCUT2D eigenvalue weighted by molar-refractivity contribution is 1.27. The predicted octanol–water partition coefficient (Wildman–Crippen LogP) is 2.79. The van der Waals surface area contributed by atoms with Gasteiger partial charge in [0.25, 0.3) is 5.56 Å². The zero-order chi connectivity index (χ0) is 11.8. The highest BCUT2D eigenvalue weighted by Gasteiger charge is 2.04. The Kier molecular flexibility index (Phi) is 6.29. The summed E-state index contributed by atoms with van der Waals surface area (Å²) in [5.74, 6) is 0. The van der Waals surface area contributed by atoms with Gasteiger partial charge in [-0.1, -0.05) is 43.9 Å². The Morgan fingerprint density at radius 3 is 2.53 bits per heavy atom. The first kappa shape index (κ1) is 13.6. The van der Waals surface area contributed by atoms with E-state index in [4.69, 9.17) is 5.73 Å². The van der Waals surface area contributed by atoms with Crippen molar-refractivity contribution in [2.75, 3.05) is 5.73 Å². The lowest BCUT2D eigenvalue weighted by atomic mass is 10.2. The topological polar surface area (TPSA) is 56.0 Å². The molecule has 0 radical (unpaired) electrons. The van der Waals surface area contributed by atoms with Crippen molar-refractivity contribution >= 4 is 28.6 Å². The van der Waals surface area contributed by atoms with Gasteiger partial charge in [0, 0.05) is 4.88 Å². The first-order valence-electron chi connectivity index (χ1n) is 4.74. The van der Waals surface area contributed by atoms with Gasteiger partial charge in [-0.05, 0) is 13.0 Å². The van der Waals surface area contributed by atoms with E-state index in [1.807, 2.05) is 32.9 Å². The lowest BCUT2D eigenvalue weighted by Gasteiger charge is -1.98. The third kappa shape index (κ3) is 3.67. The number of nitrogen functional groups attached to an aromatic ring is 1. The Balaban J connectivity index is 0.000000921. The van der Waals surface area contributed by atoms with Crippen LogP contribution >= 0.6 is 11.3 Å². The molecular weight excluding hydrogens is 208 g/mol. The van der Waals surface area contributed by atoms with Gasteiger partial charge in [-0.15, -0.1) is 0 Å². The zero-order valence-electron chi connectivity index (χ0n) is 9.28. The average molecular weight is 224 g/mol. The second-order valence-corrected chi connectivity index (χ2v) is 3.40. The number of anilines is 1. The predicted molar refractivity (Wildman–Crippen MR) is 68.9 cm³/mol. The molecule has 0 amide bonds. The van der Waals surface area contributed by atoms with E-state index in [9.17, 15) is 4.79 Å². The van der Waals surface area contributed by atoms with Crippen molar-refractivity contribution in [2.45, 2.75) is 20.8 Å². The Morgan fingerprint density at radius 1 is 1.47 bits per heavy atom. The largest absolute Gasteiger partial charge is 0.375 e. The van der Waals surface area contributed by atoms with E-state index in [1.165, 1.54) is 17.4 Å². The van der Waals surface area contributed by atoms with Crippen molar-refractivity contribution in [3.05, 3.63) is 33.4 Å². The average Bonchev–Trinajstić information content (AvgIpc) is 2.21. The summed E-state index contributed by atoms with van der Waals surface area (Å²) in [6.07, 6.45) is 5.17. The van der Waals surface area contributed by atoms with Crippen LogP contribution in [0.4, 0.5) is 5.13 Å². The van der Waals surface area contributed by atoms with E-state index in [0.717, 1.165) is 4.88 Å². The molecule has 0 aliphatic rings. The SMILES string of the molecule is C=Cc1c(/C=C\C)sc(N)nc1=O.CC. The van der Waals surface area contributed by atoms with Crippen LogP contribution in [0.3, 0.4) is 0 Å². The molecule has 3 nitrogen and oxygen atoms in total. The van der Waals surface area contributed by atoms with E-state index in [-0.39, 0.29) is 10.7 Å². The lowest BCUT2D eigenvalue weighted by Crippen LogP contribution is -2.11. The highest BCUT2D eigenvalue weighted by atomic mass is 32.1. The maximum atomic E-state index is 11.3. The maximum absolute atomic E-state index is 11.3. The van der Waals surface area contributed by atoms with Crippen molar-refractivity contribution in [1.29, 1.82) is 0 Å². The van der Waals surface area contributed by atoms with Crippen molar-refractivity contribution in [3.8, 4) is 0 Å². The van der Waals surface area contributed by atoms with Gasteiger partial charge in [0.2, 0.25) is 0 Å². The number of rotatable bonds is 2. The van der Waals surface area contributed by atoms with E-state index < -0.39 is 0 Å². The molecule has 2 N–H and O–H groups in total. The maximum Gasteiger partial charge on any atom is 0.281 e. The summed E-state index contributed by atoms with van der Waals surface area (Å²) in [5.41, 5.74) is 5.64. The smallest absolute Gasteiger partial charge is 0.281 e. The number of nitrogens with two attached hydrogens (primary N) is 1. The van der Waals surface area contributed by atoms with Gasteiger partial charge in [0.1, 0.15) is 0 Å². The fourth-order valence-electron chi connectivity index (χ4n) is 0.919. The van der Waals surface area contributed by atoms with Crippen LogP contribution in [-0.4, -0.2) is 4.98 Å². The van der Waals surface area contributed by atoms with Crippen LogP contribution in [-0.2, 0) is 0 Å². The van der Waals surface area contributed by atoms with Crippen LogP contribution in [0.5, 0.6) is 0 Å². The van der Waals surface area contributed by atoms with Crippen LogP contribution < -0.4 is 11.3 Å². The fourth-order valence-corrected chi connectivity index (χ4v) is 1.76. The molecular formula is C11H16N2OS. The summed E-state index contributed by atoms with van der Waals surface area (Å²) in [6, 6.07) is 0. The zero-order valence-corrected chi connectivity index (χ0v) is 10.1. The molecule has 0 atom stereocenters. The van der Waals surface area contributed by atoms with Gasteiger partial charge in [-0.3, -0.25) is 4.79 Å². The summed E-state index contributed by atoms with van der Waals surface area (Å²) in [4.78, 5) is 15.7. The molecule has 0 spiro atoms. The summed E-state index contributed by atoms with van der Waals surface area (Å²) < 4.78 is 0. The minimum atomic E-state index is -0.320. The Bertz CT molecular complexity index is 408. The standard InChI is InChI=1S/C9H10N2OS.C2H6/c1-3-5-7-6(4-2)8(12)11-9(10)13-7;1-2/h3-5H,2H2,1H3,(H2,10,11,12);1-2H3/b5-3-;. The quantitative estimate of drug-likeness (QED) is 0.840. The number of allylic oxidation sites excluding steroid dienone is 1. The van der Waals surface area contributed by atoms with Gasteiger partial charge in [-0.25, -0.2) is 0 Å². The summed E-state index contributed by atoms with van der Waals surface area (Å²) >= 11 is 1.28. The number of hydrogen-bond donors (Lipinski definition) is 1.